The number of primary amides is 1. The zero-order chi connectivity index (χ0) is 14.7. The highest BCUT2D eigenvalue weighted by molar-refractivity contribution is 6.03. The summed E-state index contributed by atoms with van der Waals surface area (Å²) in [6, 6.07) is 4.94. The second-order valence-electron chi connectivity index (χ2n) is 4.26. The summed E-state index contributed by atoms with van der Waals surface area (Å²) in [5.74, 6) is -0.279. The predicted molar refractivity (Wildman–Crippen MR) is 73.4 cm³/mol. The molecule has 0 aliphatic heterocycles. The second-order valence-corrected chi connectivity index (χ2v) is 4.26. The van der Waals surface area contributed by atoms with Crippen molar-refractivity contribution >= 4 is 17.5 Å². The minimum absolute atomic E-state index is 0.0609. The van der Waals surface area contributed by atoms with Crippen molar-refractivity contribution in [1.82, 2.24) is 15.2 Å². The fraction of sp³-hybridized carbons (Fsp3) is 0.231. The lowest BCUT2D eigenvalue weighted by atomic mass is 10.1. The second kappa shape index (κ2) is 5.52. The van der Waals surface area contributed by atoms with E-state index >= 15 is 0 Å². The number of nitrogens with two attached hydrogens (primary N) is 1. The summed E-state index contributed by atoms with van der Waals surface area (Å²) in [4.78, 5) is 27.3. The highest BCUT2D eigenvalue weighted by atomic mass is 16.2. The van der Waals surface area contributed by atoms with E-state index in [9.17, 15) is 9.59 Å². The summed E-state index contributed by atoms with van der Waals surface area (Å²) in [5.41, 5.74) is 6.75. The van der Waals surface area contributed by atoms with E-state index < -0.39 is 11.8 Å². The lowest BCUT2D eigenvalue weighted by Crippen LogP contribution is -2.17. The van der Waals surface area contributed by atoms with Gasteiger partial charge in [0.25, 0.3) is 5.91 Å². The van der Waals surface area contributed by atoms with E-state index in [4.69, 9.17) is 5.73 Å². The highest BCUT2D eigenvalue weighted by Crippen LogP contribution is 2.19. The van der Waals surface area contributed by atoms with Crippen LogP contribution in [0, 0.1) is 6.92 Å². The Bertz CT molecular complexity index is 663. The third kappa shape index (κ3) is 2.66. The molecule has 104 valence electrons. The maximum Gasteiger partial charge on any atom is 0.295 e. The zero-order valence-electron chi connectivity index (χ0n) is 11.2. The van der Waals surface area contributed by atoms with Crippen LogP contribution in [-0.2, 0) is 6.42 Å². The van der Waals surface area contributed by atoms with Gasteiger partial charge in [0.15, 0.2) is 0 Å². The number of amides is 2. The van der Waals surface area contributed by atoms with Gasteiger partial charge in [-0.2, -0.15) is 0 Å². The molecule has 1 heterocycles. The molecular weight excluding hydrogens is 258 g/mol. The van der Waals surface area contributed by atoms with E-state index in [0.29, 0.717) is 29.1 Å². The van der Waals surface area contributed by atoms with Crippen LogP contribution < -0.4 is 11.1 Å². The van der Waals surface area contributed by atoms with Crippen molar-refractivity contribution in [3.63, 3.8) is 0 Å². The van der Waals surface area contributed by atoms with Crippen molar-refractivity contribution in [3.8, 4) is 0 Å². The number of H-pyrrole nitrogens is 1. The molecule has 0 aliphatic carbocycles. The standard InChI is InChI=1S/C13H15N5O2/c1-3-10-16-12(18-17-10)13(20)15-9-6-4-5-8(7(9)2)11(14)19/h4-6H,3H2,1-2H3,(H2,14,19)(H,15,20)(H,16,17,18). The summed E-state index contributed by atoms with van der Waals surface area (Å²) < 4.78 is 0. The number of aromatic amines is 1. The number of aryl methyl sites for hydroxylation is 1. The van der Waals surface area contributed by atoms with Crippen LogP contribution in [-0.4, -0.2) is 27.0 Å². The number of nitrogens with zero attached hydrogens (tertiary/aromatic N) is 2. The lowest BCUT2D eigenvalue weighted by molar-refractivity contribution is 0.0994. The average molecular weight is 273 g/mol. The number of hydrogen-bond donors (Lipinski definition) is 3. The normalized spacial score (nSPS) is 10.3. The number of benzene rings is 1. The maximum atomic E-state index is 12.0. The Morgan fingerprint density at radius 3 is 2.75 bits per heavy atom. The Kier molecular flexibility index (Phi) is 3.79. The topological polar surface area (TPSA) is 114 Å². The molecular formula is C13H15N5O2. The first-order valence-electron chi connectivity index (χ1n) is 6.15. The van der Waals surface area contributed by atoms with Crippen molar-refractivity contribution in [3.05, 3.63) is 41.0 Å². The number of anilines is 1. The van der Waals surface area contributed by atoms with Gasteiger partial charge in [0, 0.05) is 17.7 Å². The van der Waals surface area contributed by atoms with Gasteiger partial charge >= 0.3 is 0 Å². The van der Waals surface area contributed by atoms with Gasteiger partial charge in [-0.15, -0.1) is 5.10 Å². The highest BCUT2D eigenvalue weighted by Gasteiger charge is 2.15. The Morgan fingerprint density at radius 2 is 2.15 bits per heavy atom. The lowest BCUT2D eigenvalue weighted by Gasteiger charge is -2.09. The van der Waals surface area contributed by atoms with Crippen LogP contribution in [0.4, 0.5) is 5.69 Å². The third-order valence-electron chi connectivity index (χ3n) is 2.92. The molecule has 7 heteroatoms. The molecule has 1 aromatic carbocycles. The zero-order valence-corrected chi connectivity index (χ0v) is 11.2. The van der Waals surface area contributed by atoms with Crippen LogP contribution >= 0.6 is 0 Å². The Labute approximate surface area is 115 Å². The maximum absolute atomic E-state index is 12.0. The van der Waals surface area contributed by atoms with Gasteiger partial charge in [-0.3, -0.25) is 14.7 Å². The number of nitrogens with one attached hydrogen (secondary N) is 2. The number of rotatable bonds is 4. The van der Waals surface area contributed by atoms with E-state index in [2.05, 4.69) is 20.5 Å². The molecule has 0 atom stereocenters. The van der Waals surface area contributed by atoms with Crippen LogP contribution in [0.3, 0.4) is 0 Å². The first kappa shape index (κ1) is 13.7. The molecule has 2 rings (SSSR count). The quantitative estimate of drug-likeness (QED) is 0.771. The van der Waals surface area contributed by atoms with Gasteiger partial charge < -0.3 is 11.1 Å². The Balaban J connectivity index is 2.24. The number of hydrogen-bond acceptors (Lipinski definition) is 4. The van der Waals surface area contributed by atoms with Gasteiger partial charge in [0.2, 0.25) is 11.7 Å². The van der Waals surface area contributed by atoms with Crippen molar-refractivity contribution in [1.29, 1.82) is 0 Å². The van der Waals surface area contributed by atoms with Crippen molar-refractivity contribution in [2.45, 2.75) is 20.3 Å². The summed E-state index contributed by atoms with van der Waals surface area (Å²) in [7, 11) is 0. The Morgan fingerprint density at radius 1 is 1.40 bits per heavy atom. The molecule has 2 aromatic rings. The number of carbonyl (C=O) groups is 2. The monoisotopic (exact) mass is 273 g/mol. The third-order valence-corrected chi connectivity index (χ3v) is 2.92. The molecule has 0 spiro atoms. The minimum atomic E-state index is -0.537. The van der Waals surface area contributed by atoms with Gasteiger partial charge in [-0.25, -0.2) is 4.98 Å². The fourth-order valence-electron chi connectivity index (χ4n) is 1.77. The predicted octanol–water partition coefficient (Wildman–Crippen LogP) is 1.03. The first-order valence-corrected chi connectivity index (χ1v) is 6.15. The molecule has 4 N–H and O–H groups in total. The average Bonchev–Trinajstić information content (AvgIpc) is 2.89. The molecule has 0 saturated heterocycles. The molecule has 0 unspecified atom stereocenters. The molecule has 20 heavy (non-hydrogen) atoms. The molecule has 0 saturated carbocycles. The Hall–Kier alpha value is -2.70. The van der Waals surface area contributed by atoms with E-state index in [0.717, 1.165) is 0 Å². The number of aromatic nitrogens is 3. The van der Waals surface area contributed by atoms with Crippen LogP contribution in [0.5, 0.6) is 0 Å². The summed E-state index contributed by atoms with van der Waals surface area (Å²) in [5, 5.41) is 9.17. The van der Waals surface area contributed by atoms with Crippen LogP contribution in [0.25, 0.3) is 0 Å². The molecule has 0 aliphatic rings. The van der Waals surface area contributed by atoms with E-state index in [1.165, 1.54) is 0 Å². The van der Waals surface area contributed by atoms with Crippen LogP contribution in [0.2, 0.25) is 0 Å². The largest absolute Gasteiger partial charge is 0.366 e. The minimum Gasteiger partial charge on any atom is -0.366 e. The molecule has 7 nitrogen and oxygen atoms in total. The number of carbonyl (C=O) groups excluding carboxylic acids is 2. The van der Waals surface area contributed by atoms with Crippen molar-refractivity contribution in [2.24, 2.45) is 5.73 Å². The SMILES string of the molecule is CCc1nc(C(=O)Nc2cccc(C(N)=O)c2C)n[nH]1. The molecule has 0 radical (unpaired) electrons. The van der Waals surface area contributed by atoms with Crippen molar-refractivity contribution in [2.75, 3.05) is 5.32 Å². The van der Waals surface area contributed by atoms with E-state index in [-0.39, 0.29) is 5.82 Å². The summed E-state index contributed by atoms with van der Waals surface area (Å²) in [6.45, 7) is 3.62. The molecule has 2 amide bonds. The first-order chi connectivity index (χ1) is 9.52. The van der Waals surface area contributed by atoms with E-state index in [1.807, 2.05) is 6.92 Å². The molecule has 1 aromatic heterocycles. The summed E-state index contributed by atoms with van der Waals surface area (Å²) >= 11 is 0. The van der Waals surface area contributed by atoms with Gasteiger partial charge in [-0.05, 0) is 24.6 Å². The smallest absolute Gasteiger partial charge is 0.295 e. The van der Waals surface area contributed by atoms with Gasteiger partial charge in [-0.1, -0.05) is 13.0 Å². The summed E-state index contributed by atoms with van der Waals surface area (Å²) in [6.07, 6.45) is 0.663. The fourth-order valence-corrected chi connectivity index (χ4v) is 1.77. The van der Waals surface area contributed by atoms with Crippen LogP contribution in [0.15, 0.2) is 18.2 Å². The van der Waals surface area contributed by atoms with E-state index in [1.54, 1.807) is 25.1 Å². The molecule has 0 fully saturated rings. The van der Waals surface area contributed by atoms with Gasteiger partial charge in [0.05, 0.1) is 0 Å². The van der Waals surface area contributed by atoms with Crippen molar-refractivity contribution < 1.29 is 9.59 Å². The van der Waals surface area contributed by atoms with Gasteiger partial charge in [0.1, 0.15) is 5.82 Å². The van der Waals surface area contributed by atoms with Crippen LogP contribution in [0.1, 0.15) is 39.3 Å². The molecule has 0 bridgehead atoms.